The number of aromatic nitrogens is 2. The Balaban J connectivity index is 1.79. The minimum Gasteiger partial charge on any atom is -0.472 e. The molecule has 1 aromatic carbocycles. The fourth-order valence-electron chi connectivity index (χ4n) is 1.96. The van der Waals surface area contributed by atoms with Gasteiger partial charge in [-0.05, 0) is 24.3 Å². The van der Waals surface area contributed by atoms with Gasteiger partial charge in [-0.15, -0.1) is 0 Å². The van der Waals surface area contributed by atoms with Crippen LogP contribution in [-0.2, 0) is 13.1 Å². The quantitative estimate of drug-likeness (QED) is 0.774. The highest BCUT2D eigenvalue weighted by Crippen LogP contribution is 2.14. The van der Waals surface area contributed by atoms with Gasteiger partial charge < -0.3 is 14.7 Å². The molecule has 0 spiro atoms. The second-order valence-corrected chi connectivity index (χ2v) is 4.85. The second-order valence-electron chi connectivity index (χ2n) is 4.41. The third kappa shape index (κ3) is 2.74. The molecule has 0 unspecified atom stereocenters. The summed E-state index contributed by atoms with van der Waals surface area (Å²) in [6, 6.07) is 6.92. The molecule has 2 heterocycles. The topological polar surface area (TPSA) is 70.9 Å². The molecule has 0 amide bonds. The molecule has 0 radical (unpaired) electrons. The lowest BCUT2D eigenvalue weighted by atomic mass is 10.2. The Morgan fingerprint density at radius 1 is 1.30 bits per heavy atom. The first-order chi connectivity index (χ1) is 9.72. The van der Waals surface area contributed by atoms with Gasteiger partial charge in [0.1, 0.15) is 5.82 Å². The molecule has 2 N–H and O–H groups in total. The van der Waals surface area contributed by atoms with E-state index in [1.165, 1.54) is 0 Å². The molecule has 3 rings (SSSR count). The number of nitrogens with zero attached hydrogens (tertiary/aromatic N) is 1. The van der Waals surface area contributed by atoms with Gasteiger partial charge in [0.05, 0.1) is 30.0 Å². The van der Waals surface area contributed by atoms with Crippen LogP contribution in [-0.4, -0.2) is 9.97 Å². The highest BCUT2D eigenvalue weighted by atomic mass is 35.5. The molecule has 2 aromatic heterocycles. The number of fused-ring (bicyclic) bond motifs is 1. The van der Waals surface area contributed by atoms with Crippen molar-refractivity contribution in [2.75, 3.05) is 0 Å². The smallest absolute Gasteiger partial charge is 0.258 e. The zero-order chi connectivity index (χ0) is 13.9. The maximum Gasteiger partial charge on any atom is 0.258 e. The van der Waals surface area contributed by atoms with E-state index in [2.05, 4.69) is 15.3 Å². The molecule has 0 bridgehead atoms. The minimum atomic E-state index is -0.160. The number of benzene rings is 1. The predicted molar refractivity (Wildman–Crippen MR) is 76.6 cm³/mol. The average molecular weight is 290 g/mol. The van der Waals surface area contributed by atoms with E-state index < -0.39 is 0 Å². The van der Waals surface area contributed by atoms with Crippen molar-refractivity contribution in [1.82, 2.24) is 15.3 Å². The Morgan fingerprint density at radius 2 is 2.20 bits per heavy atom. The van der Waals surface area contributed by atoms with Gasteiger partial charge in [0.2, 0.25) is 0 Å². The van der Waals surface area contributed by atoms with Crippen LogP contribution in [0.15, 0.2) is 46.0 Å². The van der Waals surface area contributed by atoms with Crippen LogP contribution in [0.3, 0.4) is 0 Å². The van der Waals surface area contributed by atoms with Crippen LogP contribution in [0.4, 0.5) is 0 Å². The van der Waals surface area contributed by atoms with Crippen LogP contribution in [0.1, 0.15) is 11.4 Å². The molecular formula is C14H12ClN3O2. The Morgan fingerprint density at radius 3 is 3.00 bits per heavy atom. The maximum atomic E-state index is 11.9. The average Bonchev–Trinajstić information content (AvgIpc) is 2.91. The molecule has 0 fully saturated rings. The van der Waals surface area contributed by atoms with Gasteiger partial charge in [-0.1, -0.05) is 11.6 Å². The van der Waals surface area contributed by atoms with Crippen LogP contribution in [0, 0.1) is 0 Å². The number of halogens is 1. The molecule has 0 atom stereocenters. The summed E-state index contributed by atoms with van der Waals surface area (Å²) in [5, 5.41) is 4.28. The number of nitrogens with one attached hydrogen (secondary N) is 2. The van der Waals surface area contributed by atoms with Crippen molar-refractivity contribution in [3.05, 3.63) is 63.6 Å². The Labute approximate surface area is 119 Å². The number of hydrogen-bond donors (Lipinski definition) is 2. The molecular weight excluding hydrogens is 278 g/mol. The summed E-state index contributed by atoms with van der Waals surface area (Å²) in [7, 11) is 0. The normalized spacial score (nSPS) is 11.1. The Hall–Kier alpha value is -2.11. The van der Waals surface area contributed by atoms with Gasteiger partial charge in [0.15, 0.2) is 0 Å². The second kappa shape index (κ2) is 5.48. The highest BCUT2D eigenvalue weighted by molar-refractivity contribution is 6.31. The van der Waals surface area contributed by atoms with E-state index in [1.54, 1.807) is 30.7 Å². The Bertz CT molecular complexity index is 781. The fraction of sp³-hybridized carbons (Fsp3) is 0.143. The van der Waals surface area contributed by atoms with E-state index in [-0.39, 0.29) is 5.56 Å². The molecule has 0 aliphatic carbocycles. The van der Waals surface area contributed by atoms with Crippen LogP contribution in [0.25, 0.3) is 10.9 Å². The third-order valence-corrected chi connectivity index (χ3v) is 3.15. The predicted octanol–water partition coefficient (Wildman–Crippen LogP) is 2.46. The number of aromatic amines is 1. The molecule has 6 heteroatoms. The van der Waals surface area contributed by atoms with E-state index in [0.717, 1.165) is 5.56 Å². The summed E-state index contributed by atoms with van der Waals surface area (Å²) in [6.45, 7) is 1.11. The van der Waals surface area contributed by atoms with E-state index in [4.69, 9.17) is 16.0 Å². The van der Waals surface area contributed by atoms with Gasteiger partial charge in [0, 0.05) is 17.1 Å². The van der Waals surface area contributed by atoms with Crippen molar-refractivity contribution in [3.8, 4) is 0 Å². The standard InChI is InChI=1S/C14H12ClN3O2/c15-10-1-2-11-12(5-10)17-13(18-14(11)19)7-16-6-9-3-4-20-8-9/h1-5,8,16H,6-7H2,(H,17,18,19). The van der Waals surface area contributed by atoms with Crippen molar-refractivity contribution < 1.29 is 4.42 Å². The lowest BCUT2D eigenvalue weighted by molar-refractivity contribution is 0.559. The fourth-order valence-corrected chi connectivity index (χ4v) is 2.13. The lowest BCUT2D eigenvalue weighted by Crippen LogP contribution is -2.19. The lowest BCUT2D eigenvalue weighted by Gasteiger charge is -2.04. The molecule has 102 valence electrons. The Kier molecular flexibility index (Phi) is 3.54. The van der Waals surface area contributed by atoms with Crippen molar-refractivity contribution in [1.29, 1.82) is 0 Å². The number of H-pyrrole nitrogens is 1. The number of hydrogen-bond acceptors (Lipinski definition) is 4. The van der Waals surface area contributed by atoms with Crippen LogP contribution in [0.5, 0.6) is 0 Å². The summed E-state index contributed by atoms with van der Waals surface area (Å²) in [6.07, 6.45) is 3.29. The van der Waals surface area contributed by atoms with E-state index in [9.17, 15) is 4.79 Å². The van der Waals surface area contributed by atoms with Crippen molar-refractivity contribution in [2.24, 2.45) is 0 Å². The van der Waals surface area contributed by atoms with E-state index in [0.29, 0.717) is 34.8 Å². The van der Waals surface area contributed by atoms with Gasteiger partial charge in [-0.3, -0.25) is 4.79 Å². The number of furan rings is 1. The maximum absolute atomic E-state index is 11.9. The molecule has 0 saturated carbocycles. The summed E-state index contributed by atoms with van der Waals surface area (Å²) in [5.41, 5.74) is 1.48. The highest BCUT2D eigenvalue weighted by Gasteiger charge is 2.04. The summed E-state index contributed by atoms with van der Waals surface area (Å²) < 4.78 is 4.98. The summed E-state index contributed by atoms with van der Waals surface area (Å²) >= 11 is 5.92. The van der Waals surface area contributed by atoms with Crippen molar-refractivity contribution in [3.63, 3.8) is 0 Å². The molecule has 0 aliphatic heterocycles. The van der Waals surface area contributed by atoms with Crippen LogP contribution in [0.2, 0.25) is 5.02 Å². The van der Waals surface area contributed by atoms with Gasteiger partial charge >= 0.3 is 0 Å². The summed E-state index contributed by atoms with van der Waals surface area (Å²) in [5.74, 6) is 0.577. The van der Waals surface area contributed by atoms with E-state index >= 15 is 0 Å². The van der Waals surface area contributed by atoms with Crippen molar-refractivity contribution >= 4 is 22.5 Å². The van der Waals surface area contributed by atoms with Gasteiger partial charge in [0.25, 0.3) is 5.56 Å². The van der Waals surface area contributed by atoms with Gasteiger partial charge in [-0.2, -0.15) is 0 Å². The summed E-state index contributed by atoms with van der Waals surface area (Å²) in [4.78, 5) is 19.1. The van der Waals surface area contributed by atoms with Gasteiger partial charge in [-0.25, -0.2) is 4.98 Å². The molecule has 0 saturated heterocycles. The molecule has 0 aliphatic rings. The zero-order valence-corrected chi connectivity index (χ0v) is 11.3. The van der Waals surface area contributed by atoms with Crippen LogP contribution < -0.4 is 10.9 Å². The first-order valence-corrected chi connectivity index (χ1v) is 6.50. The first-order valence-electron chi connectivity index (χ1n) is 6.12. The van der Waals surface area contributed by atoms with E-state index in [1.807, 2.05) is 6.07 Å². The minimum absolute atomic E-state index is 0.160. The SMILES string of the molecule is O=c1[nH]c(CNCc2ccoc2)nc2cc(Cl)ccc12. The molecule has 3 aromatic rings. The third-order valence-electron chi connectivity index (χ3n) is 2.92. The largest absolute Gasteiger partial charge is 0.472 e. The first kappa shape index (κ1) is 12.9. The monoisotopic (exact) mass is 289 g/mol. The number of rotatable bonds is 4. The molecule has 5 nitrogen and oxygen atoms in total. The zero-order valence-electron chi connectivity index (χ0n) is 10.5. The molecule has 20 heavy (non-hydrogen) atoms. The van der Waals surface area contributed by atoms with Crippen LogP contribution >= 0.6 is 11.6 Å². The van der Waals surface area contributed by atoms with Crippen molar-refractivity contribution in [2.45, 2.75) is 13.1 Å².